The Bertz CT molecular complexity index is 1050. The molecule has 1 aliphatic carbocycles. The first-order valence-corrected chi connectivity index (χ1v) is 11.7. The van der Waals surface area contributed by atoms with Crippen LogP contribution in [0.5, 0.6) is 0 Å². The summed E-state index contributed by atoms with van der Waals surface area (Å²) < 4.78 is 75.5. The highest BCUT2D eigenvalue weighted by Crippen LogP contribution is 2.49. The van der Waals surface area contributed by atoms with Crippen LogP contribution in [0.3, 0.4) is 0 Å². The zero-order chi connectivity index (χ0) is 24.0. The molecule has 34 heavy (non-hydrogen) atoms. The number of nitrogens with two attached hydrogens (primary N) is 1. The molecule has 5 nitrogen and oxygen atoms in total. The Balaban J connectivity index is 1.52. The summed E-state index contributed by atoms with van der Waals surface area (Å²) in [5.74, 6) is -3.05. The number of hydrogen-bond donors (Lipinski definition) is 1. The van der Waals surface area contributed by atoms with Gasteiger partial charge in [-0.15, -0.1) is 5.10 Å². The SMILES string of the molecule is NC1CC2CN(CC3CCOCC3)C(c3cc(C(F)F)c(-c4cc(F)cc(F)c4F)nn3)C2C1. The first-order valence-electron chi connectivity index (χ1n) is 11.7. The van der Waals surface area contributed by atoms with Gasteiger partial charge in [-0.2, -0.15) is 5.10 Å². The Hall–Kier alpha value is -2.17. The average molecular weight is 482 g/mol. The molecular weight excluding hydrogens is 455 g/mol. The summed E-state index contributed by atoms with van der Waals surface area (Å²) in [6, 6.07) is 2.05. The van der Waals surface area contributed by atoms with Gasteiger partial charge in [0.15, 0.2) is 11.6 Å². The first-order chi connectivity index (χ1) is 16.3. The zero-order valence-corrected chi connectivity index (χ0v) is 18.6. The smallest absolute Gasteiger partial charge is 0.266 e. The molecule has 5 rings (SSSR count). The molecule has 0 spiro atoms. The molecule has 1 aromatic heterocycles. The predicted molar refractivity (Wildman–Crippen MR) is 114 cm³/mol. The van der Waals surface area contributed by atoms with Gasteiger partial charge in [0.05, 0.1) is 11.7 Å². The number of nitrogens with zero attached hydrogens (tertiary/aromatic N) is 3. The number of halogens is 5. The number of likely N-dealkylation sites (tertiary alicyclic amines) is 1. The van der Waals surface area contributed by atoms with Gasteiger partial charge in [-0.05, 0) is 55.6 Å². The van der Waals surface area contributed by atoms with Gasteiger partial charge in [0, 0.05) is 49.5 Å². The molecule has 4 unspecified atom stereocenters. The maximum absolute atomic E-state index is 14.4. The molecule has 2 saturated heterocycles. The number of ether oxygens (including phenoxy) is 1. The van der Waals surface area contributed by atoms with E-state index in [1.54, 1.807) is 0 Å². The van der Waals surface area contributed by atoms with Crippen molar-refractivity contribution in [1.29, 1.82) is 0 Å². The van der Waals surface area contributed by atoms with Crippen molar-refractivity contribution in [3.63, 3.8) is 0 Å². The summed E-state index contributed by atoms with van der Waals surface area (Å²) in [5.41, 5.74) is 4.77. The molecule has 0 amide bonds. The van der Waals surface area contributed by atoms with Gasteiger partial charge in [0.2, 0.25) is 0 Å². The molecule has 0 bridgehead atoms. The molecule has 4 atom stereocenters. The standard InChI is InChI=1S/C24H27F5N4O/c25-14-6-17(21(27)19(26)7-14)22-18(24(28)29)9-20(31-32-22)23-16-8-15(30)5-13(16)11-33(23)10-12-1-3-34-4-2-12/h6-7,9,12-13,15-16,23-24H,1-5,8,10-11,30H2. The van der Waals surface area contributed by atoms with Crippen molar-refractivity contribution in [2.24, 2.45) is 23.5 Å². The Morgan fingerprint density at radius 1 is 1.06 bits per heavy atom. The van der Waals surface area contributed by atoms with E-state index in [9.17, 15) is 22.0 Å². The van der Waals surface area contributed by atoms with E-state index in [1.165, 1.54) is 6.07 Å². The van der Waals surface area contributed by atoms with Crippen LogP contribution in [-0.2, 0) is 4.74 Å². The van der Waals surface area contributed by atoms with Crippen LogP contribution in [0.1, 0.15) is 49.4 Å². The van der Waals surface area contributed by atoms with Crippen molar-refractivity contribution in [2.45, 2.75) is 44.2 Å². The van der Waals surface area contributed by atoms with Crippen LogP contribution in [0.2, 0.25) is 0 Å². The molecule has 2 aliphatic heterocycles. The summed E-state index contributed by atoms with van der Waals surface area (Å²) in [4.78, 5) is 2.29. The average Bonchev–Trinajstić information content (AvgIpc) is 3.31. The highest BCUT2D eigenvalue weighted by molar-refractivity contribution is 5.64. The predicted octanol–water partition coefficient (Wildman–Crippen LogP) is 4.64. The number of hydrogen-bond acceptors (Lipinski definition) is 5. The lowest BCUT2D eigenvalue weighted by Crippen LogP contribution is -2.35. The molecule has 2 aromatic rings. The van der Waals surface area contributed by atoms with Crippen LogP contribution in [0, 0.1) is 35.2 Å². The van der Waals surface area contributed by atoms with Gasteiger partial charge in [0.25, 0.3) is 6.43 Å². The normalized spacial score (nSPS) is 28.1. The van der Waals surface area contributed by atoms with Gasteiger partial charge in [0.1, 0.15) is 11.5 Å². The molecule has 0 radical (unpaired) electrons. The van der Waals surface area contributed by atoms with Crippen LogP contribution in [0.25, 0.3) is 11.3 Å². The minimum absolute atomic E-state index is 0.0499. The fourth-order valence-corrected chi connectivity index (χ4v) is 6.01. The van der Waals surface area contributed by atoms with Crippen molar-refractivity contribution in [3.8, 4) is 11.3 Å². The Morgan fingerprint density at radius 2 is 1.82 bits per heavy atom. The third-order valence-corrected chi connectivity index (χ3v) is 7.52. The van der Waals surface area contributed by atoms with Crippen molar-refractivity contribution < 1.29 is 26.7 Å². The third kappa shape index (κ3) is 4.43. The Morgan fingerprint density at radius 3 is 2.56 bits per heavy atom. The molecule has 184 valence electrons. The number of benzene rings is 1. The molecule has 1 aromatic carbocycles. The summed E-state index contributed by atoms with van der Waals surface area (Å²) in [6.07, 6.45) is 0.482. The fourth-order valence-electron chi connectivity index (χ4n) is 6.01. The maximum atomic E-state index is 14.4. The number of fused-ring (bicyclic) bond motifs is 1. The minimum Gasteiger partial charge on any atom is -0.381 e. The zero-order valence-electron chi connectivity index (χ0n) is 18.6. The van der Waals surface area contributed by atoms with E-state index in [1.807, 2.05) is 0 Å². The van der Waals surface area contributed by atoms with E-state index in [4.69, 9.17) is 10.5 Å². The molecule has 3 aliphatic rings. The molecule has 1 saturated carbocycles. The minimum atomic E-state index is -3.03. The van der Waals surface area contributed by atoms with Crippen LogP contribution in [0.15, 0.2) is 18.2 Å². The van der Waals surface area contributed by atoms with Gasteiger partial charge in [-0.25, -0.2) is 22.0 Å². The van der Waals surface area contributed by atoms with Gasteiger partial charge < -0.3 is 10.5 Å². The van der Waals surface area contributed by atoms with E-state index < -0.39 is 40.7 Å². The largest absolute Gasteiger partial charge is 0.381 e. The van der Waals surface area contributed by atoms with Crippen molar-refractivity contribution in [1.82, 2.24) is 15.1 Å². The van der Waals surface area contributed by atoms with Crippen molar-refractivity contribution in [3.05, 3.63) is 46.9 Å². The summed E-state index contributed by atoms with van der Waals surface area (Å²) in [6.45, 7) is 3.02. The molecule has 10 heteroatoms. The molecular formula is C24H27F5N4O. The summed E-state index contributed by atoms with van der Waals surface area (Å²) in [7, 11) is 0. The van der Waals surface area contributed by atoms with Gasteiger partial charge in [-0.3, -0.25) is 4.90 Å². The second-order valence-electron chi connectivity index (χ2n) is 9.73. The summed E-state index contributed by atoms with van der Waals surface area (Å²) >= 11 is 0. The van der Waals surface area contributed by atoms with Gasteiger partial charge in [-0.1, -0.05) is 0 Å². The number of alkyl halides is 2. The quantitative estimate of drug-likeness (QED) is 0.497. The van der Waals surface area contributed by atoms with E-state index in [0.717, 1.165) is 38.8 Å². The van der Waals surface area contributed by atoms with Crippen LogP contribution in [0.4, 0.5) is 22.0 Å². The fraction of sp³-hybridized carbons (Fsp3) is 0.583. The lowest BCUT2D eigenvalue weighted by molar-refractivity contribution is 0.0480. The van der Waals surface area contributed by atoms with Crippen LogP contribution >= 0.6 is 0 Å². The summed E-state index contributed by atoms with van der Waals surface area (Å²) in [5, 5.41) is 8.10. The highest BCUT2D eigenvalue weighted by atomic mass is 19.3. The molecule has 3 fully saturated rings. The van der Waals surface area contributed by atoms with Crippen molar-refractivity contribution >= 4 is 0 Å². The lowest BCUT2D eigenvalue weighted by Gasteiger charge is -2.32. The maximum Gasteiger partial charge on any atom is 0.266 e. The van der Waals surface area contributed by atoms with E-state index in [0.29, 0.717) is 42.9 Å². The van der Waals surface area contributed by atoms with Crippen LogP contribution < -0.4 is 5.73 Å². The van der Waals surface area contributed by atoms with Gasteiger partial charge >= 0.3 is 0 Å². The lowest BCUT2D eigenvalue weighted by atomic mass is 9.90. The first kappa shape index (κ1) is 23.6. The highest BCUT2D eigenvalue weighted by Gasteiger charge is 2.48. The number of rotatable bonds is 5. The molecule has 2 N–H and O–H groups in total. The second-order valence-corrected chi connectivity index (χ2v) is 9.73. The van der Waals surface area contributed by atoms with E-state index in [-0.39, 0.29) is 18.0 Å². The Kier molecular flexibility index (Phi) is 6.56. The molecule has 3 heterocycles. The second kappa shape index (κ2) is 9.47. The number of aromatic nitrogens is 2. The van der Waals surface area contributed by atoms with Crippen molar-refractivity contribution in [2.75, 3.05) is 26.3 Å². The van der Waals surface area contributed by atoms with Crippen LogP contribution in [-0.4, -0.2) is 47.4 Å². The Labute approximate surface area is 194 Å². The van der Waals surface area contributed by atoms with E-state index in [2.05, 4.69) is 15.1 Å². The third-order valence-electron chi connectivity index (χ3n) is 7.52. The monoisotopic (exact) mass is 482 g/mol. The van der Waals surface area contributed by atoms with E-state index >= 15 is 0 Å². The topological polar surface area (TPSA) is 64.3 Å².